The van der Waals surface area contributed by atoms with Crippen LogP contribution in [0.25, 0.3) is 5.69 Å². The number of carbonyl (C=O) groups excluding carboxylic acids is 1. The minimum Gasteiger partial charge on any atom is -0.395 e. The third-order valence-electron chi connectivity index (χ3n) is 3.86. The standard InChI is InChI=1S/C18H26N4O2/c1-4-21(10-11-23)18(24)19-12-15-13-22(20-17(15)14(2)3)16-8-6-5-7-9-16/h5-9,13-14,23H,4,10-12H2,1-3H3,(H,19,24). The molecular weight excluding hydrogens is 304 g/mol. The van der Waals surface area contributed by atoms with Crippen LogP contribution in [0.15, 0.2) is 36.5 Å². The number of nitrogens with zero attached hydrogens (tertiary/aromatic N) is 3. The maximum atomic E-state index is 12.2. The van der Waals surface area contributed by atoms with Gasteiger partial charge in [-0.2, -0.15) is 5.10 Å². The first-order valence-electron chi connectivity index (χ1n) is 8.34. The van der Waals surface area contributed by atoms with E-state index in [1.165, 1.54) is 0 Å². The van der Waals surface area contributed by atoms with Crippen molar-refractivity contribution in [2.24, 2.45) is 0 Å². The molecule has 2 N–H and O–H groups in total. The molecule has 6 nitrogen and oxygen atoms in total. The van der Waals surface area contributed by atoms with Gasteiger partial charge >= 0.3 is 6.03 Å². The summed E-state index contributed by atoms with van der Waals surface area (Å²) in [6.07, 6.45) is 1.97. The smallest absolute Gasteiger partial charge is 0.317 e. The van der Waals surface area contributed by atoms with Crippen LogP contribution in [0.3, 0.4) is 0 Å². The Morgan fingerprint density at radius 3 is 2.62 bits per heavy atom. The minimum absolute atomic E-state index is 0.0373. The van der Waals surface area contributed by atoms with Gasteiger partial charge in [-0.1, -0.05) is 32.0 Å². The summed E-state index contributed by atoms with van der Waals surface area (Å²) in [5.74, 6) is 0.265. The number of carbonyl (C=O) groups is 1. The number of amides is 2. The second kappa shape index (κ2) is 8.49. The lowest BCUT2D eigenvalue weighted by atomic mass is 10.1. The molecule has 0 aliphatic heterocycles. The molecule has 0 atom stereocenters. The van der Waals surface area contributed by atoms with E-state index in [-0.39, 0.29) is 18.6 Å². The molecule has 2 amide bonds. The lowest BCUT2D eigenvalue weighted by molar-refractivity contribution is 0.180. The number of urea groups is 1. The molecule has 1 aromatic heterocycles. The molecule has 1 heterocycles. The highest BCUT2D eigenvalue weighted by atomic mass is 16.3. The van der Waals surface area contributed by atoms with Crippen molar-refractivity contribution in [3.05, 3.63) is 47.8 Å². The lowest BCUT2D eigenvalue weighted by Crippen LogP contribution is -2.41. The van der Waals surface area contributed by atoms with Gasteiger partial charge in [0, 0.05) is 31.4 Å². The van der Waals surface area contributed by atoms with E-state index in [1.54, 1.807) is 4.90 Å². The quantitative estimate of drug-likeness (QED) is 0.819. The summed E-state index contributed by atoms with van der Waals surface area (Å²) in [6.45, 7) is 7.35. The van der Waals surface area contributed by atoms with Gasteiger partial charge in [0.15, 0.2) is 0 Å². The first-order chi connectivity index (χ1) is 11.6. The predicted molar refractivity (Wildman–Crippen MR) is 94.2 cm³/mol. The zero-order chi connectivity index (χ0) is 17.5. The molecule has 130 valence electrons. The maximum absolute atomic E-state index is 12.2. The molecule has 2 rings (SSSR count). The number of hydrogen-bond donors (Lipinski definition) is 2. The van der Waals surface area contributed by atoms with Crippen molar-refractivity contribution in [2.45, 2.75) is 33.2 Å². The molecule has 0 radical (unpaired) electrons. The van der Waals surface area contributed by atoms with Crippen molar-refractivity contribution < 1.29 is 9.90 Å². The van der Waals surface area contributed by atoms with Crippen LogP contribution in [0.4, 0.5) is 4.79 Å². The van der Waals surface area contributed by atoms with Crippen LogP contribution in [0.2, 0.25) is 0 Å². The highest BCUT2D eigenvalue weighted by molar-refractivity contribution is 5.74. The van der Waals surface area contributed by atoms with Gasteiger partial charge in [0.1, 0.15) is 0 Å². The number of nitrogens with one attached hydrogen (secondary N) is 1. The van der Waals surface area contributed by atoms with Crippen molar-refractivity contribution in [3.8, 4) is 5.69 Å². The topological polar surface area (TPSA) is 70.4 Å². The van der Waals surface area contributed by atoms with E-state index < -0.39 is 0 Å². The fourth-order valence-corrected chi connectivity index (χ4v) is 2.56. The molecule has 2 aromatic rings. The van der Waals surface area contributed by atoms with Crippen LogP contribution in [-0.4, -0.2) is 45.5 Å². The van der Waals surface area contributed by atoms with Gasteiger partial charge in [-0.15, -0.1) is 0 Å². The highest BCUT2D eigenvalue weighted by Gasteiger charge is 2.16. The van der Waals surface area contributed by atoms with Gasteiger partial charge in [-0.3, -0.25) is 0 Å². The zero-order valence-electron chi connectivity index (χ0n) is 14.6. The van der Waals surface area contributed by atoms with Crippen LogP contribution in [0, 0.1) is 0 Å². The molecular formula is C18H26N4O2. The maximum Gasteiger partial charge on any atom is 0.317 e. The van der Waals surface area contributed by atoms with Crippen LogP contribution in [0.5, 0.6) is 0 Å². The Kier molecular flexibility index (Phi) is 6.37. The number of hydrogen-bond acceptors (Lipinski definition) is 3. The summed E-state index contributed by atoms with van der Waals surface area (Å²) in [5.41, 5.74) is 2.97. The molecule has 0 saturated carbocycles. The predicted octanol–water partition coefficient (Wildman–Crippen LogP) is 2.52. The number of rotatable bonds is 7. The summed E-state index contributed by atoms with van der Waals surface area (Å²) >= 11 is 0. The van der Waals surface area contributed by atoms with Crippen LogP contribution < -0.4 is 5.32 Å². The molecule has 0 bridgehead atoms. The molecule has 0 aliphatic carbocycles. The van der Waals surface area contributed by atoms with E-state index in [0.717, 1.165) is 16.9 Å². The van der Waals surface area contributed by atoms with E-state index in [2.05, 4.69) is 24.3 Å². The fourth-order valence-electron chi connectivity index (χ4n) is 2.56. The third kappa shape index (κ3) is 4.35. The van der Waals surface area contributed by atoms with Crippen molar-refractivity contribution in [3.63, 3.8) is 0 Å². The Balaban J connectivity index is 2.14. The van der Waals surface area contributed by atoms with Crippen molar-refractivity contribution in [1.82, 2.24) is 20.0 Å². The van der Waals surface area contributed by atoms with Gasteiger partial charge in [0.25, 0.3) is 0 Å². The second-order valence-electron chi connectivity index (χ2n) is 5.94. The first-order valence-corrected chi connectivity index (χ1v) is 8.34. The normalized spacial score (nSPS) is 10.9. The number of likely N-dealkylation sites (N-methyl/N-ethyl adjacent to an activating group) is 1. The van der Waals surface area contributed by atoms with E-state index >= 15 is 0 Å². The Bertz CT molecular complexity index is 652. The minimum atomic E-state index is -0.172. The van der Waals surface area contributed by atoms with E-state index in [1.807, 2.05) is 48.1 Å². The summed E-state index contributed by atoms with van der Waals surface area (Å²) in [4.78, 5) is 13.8. The van der Waals surface area contributed by atoms with Gasteiger partial charge in [-0.25, -0.2) is 9.48 Å². The molecule has 0 saturated heterocycles. The Labute approximate surface area is 143 Å². The first kappa shape index (κ1) is 18.0. The second-order valence-corrected chi connectivity index (χ2v) is 5.94. The van der Waals surface area contributed by atoms with Gasteiger partial charge < -0.3 is 15.3 Å². The molecule has 0 fully saturated rings. The number of aliphatic hydroxyl groups excluding tert-OH is 1. The van der Waals surface area contributed by atoms with Crippen LogP contribution >= 0.6 is 0 Å². The average Bonchev–Trinajstić information content (AvgIpc) is 3.03. The molecule has 6 heteroatoms. The summed E-state index contributed by atoms with van der Waals surface area (Å²) in [7, 11) is 0. The van der Waals surface area contributed by atoms with Crippen molar-refractivity contribution >= 4 is 6.03 Å². The summed E-state index contributed by atoms with van der Waals surface area (Å²) < 4.78 is 1.85. The zero-order valence-corrected chi connectivity index (χ0v) is 14.6. The molecule has 0 unspecified atom stereocenters. The van der Waals surface area contributed by atoms with Gasteiger partial charge in [0.2, 0.25) is 0 Å². The summed E-state index contributed by atoms with van der Waals surface area (Å²) in [6, 6.07) is 9.74. The SMILES string of the molecule is CCN(CCO)C(=O)NCc1cn(-c2ccccc2)nc1C(C)C. The lowest BCUT2D eigenvalue weighted by Gasteiger charge is -2.20. The largest absolute Gasteiger partial charge is 0.395 e. The molecule has 24 heavy (non-hydrogen) atoms. The van der Waals surface area contributed by atoms with Crippen molar-refractivity contribution in [2.75, 3.05) is 19.7 Å². The van der Waals surface area contributed by atoms with Crippen molar-refractivity contribution in [1.29, 1.82) is 0 Å². The van der Waals surface area contributed by atoms with Gasteiger partial charge in [-0.05, 0) is 25.0 Å². The fraction of sp³-hybridized carbons (Fsp3) is 0.444. The van der Waals surface area contributed by atoms with Crippen LogP contribution in [-0.2, 0) is 6.54 Å². The Morgan fingerprint density at radius 1 is 1.33 bits per heavy atom. The molecule has 0 spiro atoms. The summed E-state index contributed by atoms with van der Waals surface area (Å²) in [5, 5.41) is 16.6. The Morgan fingerprint density at radius 2 is 2.04 bits per heavy atom. The monoisotopic (exact) mass is 330 g/mol. The average molecular weight is 330 g/mol. The molecule has 1 aromatic carbocycles. The molecule has 0 aliphatic rings. The number of aromatic nitrogens is 2. The third-order valence-corrected chi connectivity index (χ3v) is 3.86. The Hall–Kier alpha value is -2.34. The van der Waals surface area contributed by atoms with Crippen LogP contribution in [0.1, 0.15) is 37.9 Å². The van der Waals surface area contributed by atoms with E-state index in [9.17, 15) is 4.79 Å². The van der Waals surface area contributed by atoms with E-state index in [0.29, 0.717) is 19.6 Å². The number of benzene rings is 1. The highest BCUT2D eigenvalue weighted by Crippen LogP contribution is 2.20. The van der Waals surface area contributed by atoms with E-state index in [4.69, 9.17) is 5.11 Å². The van der Waals surface area contributed by atoms with Gasteiger partial charge in [0.05, 0.1) is 18.0 Å². The number of aliphatic hydroxyl groups is 1. The number of para-hydroxylation sites is 1.